The molecule has 1 saturated heterocycles. The van der Waals surface area contributed by atoms with Crippen LogP contribution in [0, 0.1) is 11.8 Å². The van der Waals surface area contributed by atoms with Crippen molar-refractivity contribution in [3.05, 3.63) is 0 Å². The van der Waals surface area contributed by atoms with Gasteiger partial charge in [-0.2, -0.15) is 0 Å². The molecule has 0 aromatic heterocycles. The summed E-state index contributed by atoms with van der Waals surface area (Å²) in [5.41, 5.74) is 6.02. The minimum atomic E-state index is 0.476. The zero-order valence-electron chi connectivity index (χ0n) is 15.0. The van der Waals surface area contributed by atoms with Crippen molar-refractivity contribution < 1.29 is 4.74 Å². The number of nitrogens with one attached hydrogen (secondary N) is 1. The van der Waals surface area contributed by atoms with Crippen molar-refractivity contribution in [3.8, 4) is 0 Å². The summed E-state index contributed by atoms with van der Waals surface area (Å²) in [5, 5.41) is 3.23. The van der Waals surface area contributed by atoms with E-state index >= 15 is 0 Å². The molecule has 0 spiro atoms. The number of guanidine groups is 1. The average molecular weight is 313 g/mol. The molecule has 3 N–H and O–H groups in total. The Morgan fingerprint density at radius 1 is 1.23 bits per heavy atom. The largest absolute Gasteiger partial charge is 0.379 e. The van der Waals surface area contributed by atoms with E-state index in [9.17, 15) is 0 Å². The van der Waals surface area contributed by atoms with Gasteiger partial charge in [0, 0.05) is 25.7 Å². The Hall–Kier alpha value is -0.810. The standard InChI is InChI=1S/C17H36N4O/c1-5-15(6-2)16(21-9-11-22-12-10-21)13-20-17(18)19-8-7-14(3)4/h14-16H,5-13H2,1-4H3,(H3,18,19,20). The topological polar surface area (TPSA) is 62.9 Å². The molecule has 0 bridgehead atoms. The first-order valence-corrected chi connectivity index (χ1v) is 8.94. The third-order valence-electron chi connectivity index (χ3n) is 4.58. The molecule has 5 nitrogen and oxygen atoms in total. The molecule has 5 heteroatoms. The molecule has 0 saturated carbocycles. The number of morpholine rings is 1. The molecular formula is C17H36N4O. The highest BCUT2D eigenvalue weighted by molar-refractivity contribution is 5.77. The predicted octanol–water partition coefficient (Wildman–Crippen LogP) is 2.07. The molecule has 1 unspecified atom stereocenters. The number of hydrogen-bond acceptors (Lipinski definition) is 3. The van der Waals surface area contributed by atoms with Crippen molar-refractivity contribution in [1.82, 2.24) is 10.2 Å². The highest BCUT2D eigenvalue weighted by Crippen LogP contribution is 2.20. The number of rotatable bonds is 9. The maximum absolute atomic E-state index is 6.02. The maximum atomic E-state index is 6.02. The van der Waals surface area contributed by atoms with Crippen molar-refractivity contribution in [3.63, 3.8) is 0 Å². The highest BCUT2D eigenvalue weighted by atomic mass is 16.5. The lowest BCUT2D eigenvalue weighted by Crippen LogP contribution is -2.49. The number of hydrogen-bond donors (Lipinski definition) is 2. The molecule has 1 atom stereocenters. The van der Waals surface area contributed by atoms with Gasteiger partial charge in [-0.1, -0.05) is 40.5 Å². The van der Waals surface area contributed by atoms with Crippen LogP contribution < -0.4 is 11.1 Å². The van der Waals surface area contributed by atoms with Crippen molar-refractivity contribution in [2.75, 3.05) is 39.4 Å². The van der Waals surface area contributed by atoms with Gasteiger partial charge in [-0.15, -0.1) is 0 Å². The lowest BCUT2D eigenvalue weighted by Gasteiger charge is -2.38. The highest BCUT2D eigenvalue weighted by Gasteiger charge is 2.26. The van der Waals surface area contributed by atoms with Crippen LogP contribution in [0.5, 0.6) is 0 Å². The van der Waals surface area contributed by atoms with Crippen molar-refractivity contribution >= 4 is 5.96 Å². The molecule has 0 amide bonds. The molecule has 0 radical (unpaired) electrons. The first-order chi connectivity index (χ1) is 10.6. The van der Waals surface area contributed by atoms with Gasteiger partial charge < -0.3 is 15.8 Å². The minimum Gasteiger partial charge on any atom is -0.379 e. The first-order valence-electron chi connectivity index (χ1n) is 8.94. The second-order valence-corrected chi connectivity index (χ2v) is 6.63. The summed E-state index contributed by atoms with van der Waals surface area (Å²) in [5.74, 6) is 1.95. The Bertz CT molecular complexity index is 310. The molecule has 130 valence electrons. The molecule has 0 aliphatic carbocycles. The Balaban J connectivity index is 2.55. The quantitative estimate of drug-likeness (QED) is 0.505. The Kier molecular flexibility index (Phi) is 9.48. The number of ether oxygens (including phenoxy) is 1. The summed E-state index contributed by atoms with van der Waals surface area (Å²) in [6, 6.07) is 0.476. The normalized spacial score (nSPS) is 18.9. The van der Waals surface area contributed by atoms with Gasteiger partial charge in [0.2, 0.25) is 0 Å². The van der Waals surface area contributed by atoms with Gasteiger partial charge in [0.25, 0.3) is 0 Å². The zero-order valence-corrected chi connectivity index (χ0v) is 15.0. The van der Waals surface area contributed by atoms with E-state index in [1.165, 1.54) is 12.8 Å². The van der Waals surface area contributed by atoms with E-state index in [4.69, 9.17) is 10.5 Å². The van der Waals surface area contributed by atoms with Crippen molar-refractivity contribution in [2.24, 2.45) is 22.6 Å². The van der Waals surface area contributed by atoms with Crippen LogP contribution in [0.3, 0.4) is 0 Å². The molecule has 1 rings (SSSR count). The second-order valence-electron chi connectivity index (χ2n) is 6.63. The lowest BCUT2D eigenvalue weighted by molar-refractivity contribution is 0.00396. The van der Waals surface area contributed by atoms with E-state index in [1.807, 2.05) is 0 Å². The van der Waals surface area contributed by atoms with Crippen LogP contribution >= 0.6 is 0 Å². The molecule has 0 aromatic rings. The van der Waals surface area contributed by atoms with Crippen LogP contribution in [0.4, 0.5) is 0 Å². The van der Waals surface area contributed by atoms with E-state index < -0.39 is 0 Å². The first kappa shape index (κ1) is 19.2. The lowest BCUT2D eigenvalue weighted by atomic mass is 9.92. The molecule has 1 aliphatic heterocycles. The summed E-state index contributed by atoms with van der Waals surface area (Å²) in [6.07, 6.45) is 3.50. The van der Waals surface area contributed by atoms with Gasteiger partial charge in [-0.3, -0.25) is 9.89 Å². The van der Waals surface area contributed by atoms with E-state index in [0.717, 1.165) is 45.8 Å². The smallest absolute Gasteiger partial charge is 0.188 e. The van der Waals surface area contributed by atoms with Gasteiger partial charge in [0.05, 0.1) is 19.8 Å². The summed E-state index contributed by atoms with van der Waals surface area (Å²) in [4.78, 5) is 7.15. The second kappa shape index (κ2) is 10.8. The predicted molar refractivity (Wildman–Crippen MR) is 94.2 cm³/mol. The molecule has 22 heavy (non-hydrogen) atoms. The third kappa shape index (κ3) is 6.97. The summed E-state index contributed by atoms with van der Waals surface area (Å²) in [7, 11) is 0. The van der Waals surface area contributed by atoms with Crippen LogP contribution in [0.15, 0.2) is 4.99 Å². The fourth-order valence-corrected chi connectivity index (χ4v) is 3.04. The van der Waals surface area contributed by atoms with E-state index in [-0.39, 0.29) is 0 Å². The van der Waals surface area contributed by atoms with Gasteiger partial charge >= 0.3 is 0 Å². The van der Waals surface area contributed by atoms with Crippen LogP contribution in [0.25, 0.3) is 0 Å². The van der Waals surface area contributed by atoms with E-state index in [1.54, 1.807) is 0 Å². The van der Waals surface area contributed by atoms with Gasteiger partial charge in [0.15, 0.2) is 5.96 Å². The third-order valence-corrected chi connectivity index (χ3v) is 4.58. The number of aliphatic imine (C=N–C) groups is 1. The Morgan fingerprint density at radius 3 is 2.41 bits per heavy atom. The van der Waals surface area contributed by atoms with Gasteiger partial charge in [-0.05, 0) is 18.3 Å². The summed E-state index contributed by atoms with van der Waals surface area (Å²) < 4.78 is 5.48. The minimum absolute atomic E-state index is 0.476. The summed E-state index contributed by atoms with van der Waals surface area (Å²) in [6.45, 7) is 14.4. The maximum Gasteiger partial charge on any atom is 0.188 e. The van der Waals surface area contributed by atoms with Crippen LogP contribution in [-0.4, -0.2) is 56.3 Å². The fraction of sp³-hybridized carbons (Fsp3) is 0.941. The number of nitrogens with two attached hydrogens (primary N) is 1. The Morgan fingerprint density at radius 2 is 1.86 bits per heavy atom. The van der Waals surface area contributed by atoms with Crippen molar-refractivity contribution in [1.29, 1.82) is 0 Å². The average Bonchev–Trinajstić information content (AvgIpc) is 2.52. The summed E-state index contributed by atoms with van der Waals surface area (Å²) >= 11 is 0. The molecule has 0 aromatic carbocycles. The van der Waals surface area contributed by atoms with Crippen LogP contribution in [0.2, 0.25) is 0 Å². The Labute approximate surface area is 136 Å². The van der Waals surface area contributed by atoms with Crippen LogP contribution in [0.1, 0.15) is 47.0 Å². The SMILES string of the molecule is CCC(CC)C(CN=C(N)NCCC(C)C)N1CCOCC1. The monoisotopic (exact) mass is 312 g/mol. The fourth-order valence-electron chi connectivity index (χ4n) is 3.04. The zero-order chi connectivity index (χ0) is 16.4. The van der Waals surface area contributed by atoms with Crippen LogP contribution in [-0.2, 0) is 4.74 Å². The van der Waals surface area contributed by atoms with Gasteiger partial charge in [0.1, 0.15) is 0 Å². The van der Waals surface area contributed by atoms with Crippen molar-refractivity contribution in [2.45, 2.75) is 53.0 Å². The molecular weight excluding hydrogens is 276 g/mol. The number of nitrogens with zero attached hydrogens (tertiary/aromatic N) is 2. The van der Waals surface area contributed by atoms with E-state index in [0.29, 0.717) is 23.8 Å². The van der Waals surface area contributed by atoms with E-state index in [2.05, 4.69) is 42.9 Å². The molecule has 1 aliphatic rings. The molecule has 1 heterocycles. The molecule has 1 fully saturated rings. The van der Waals surface area contributed by atoms with Gasteiger partial charge in [-0.25, -0.2) is 0 Å².